The first-order valence-electron chi connectivity index (χ1n) is 18.6. The molecule has 4 rings (SSSR count). The molecule has 254 valence electrons. The van der Waals surface area contributed by atoms with E-state index in [9.17, 15) is 0 Å². The fourth-order valence-electron chi connectivity index (χ4n) is 8.85. The maximum absolute atomic E-state index is 8.86. The normalized spacial score (nSPS) is 35.5. The molecule has 0 aliphatic heterocycles. The molecule has 5 N–H and O–H groups in total. The van der Waals surface area contributed by atoms with Crippen molar-refractivity contribution >= 4 is 0 Å². The lowest BCUT2D eigenvalue weighted by molar-refractivity contribution is -0.135. The first-order chi connectivity index (χ1) is 19.4. The summed E-state index contributed by atoms with van der Waals surface area (Å²) in [6, 6.07) is 0. The smallest absolute Gasteiger partial charge is 0.0537 e. The number of nitrogens with two attached hydrogens (primary N) is 2. The van der Waals surface area contributed by atoms with Crippen molar-refractivity contribution in [3.05, 3.63) is 0 Å². The summed E-state index contributed by atoms with van der Waals surface area (Å²) in [4.78, 5) is 0. The van der Waals surface area contributed by atoms with E-state index >= 15 is 0 Å². The molecule has 9 atom stereocenters. The average Bonchev–Trinajstić information content (AvgIpc) is 3.74. The SMILES string of the molecule is C.CC1CC1.CCC.CCCC(C)C(C)C1(N)CCC2(C)C(CCC3CCCCC32N)C1CCC.CCCC(O)CC. The molecule has 42 heavy (non-hydrogen) atoms. The van der Waals surface area contributed by atoms with E-state index in [1.807, 2.05) is 6.92 Å². The zero-order valence-electron chi connectivity index (χ0n) is 29.9. The predicted octanol–water partition coefficient (Wildman–Crippen LogP) is 11.3. The van der Waals surface area contributed by atoms with Crippen LogP contribution >= 0.6 is 0 Å². The molecule has 0 aromatic heterocycles. The Bertz CT molecular complexity index is 679. The van der Waals surface area contributed by atoms with Gasteiger partial charge in [0, 0.05) is 11.1 Å². The molecule has 0 spiro atoms. The summed E-state index contributed by atoms with van der Waals surface area (Å²) in [6.07, 6.45) is 22.8. The first kappa shape index (κ1) is 41.9. The second-order valence-electron chi connectivity index (χ2n) is 15.4. The minimum Gasteiger partial charge on any atom is -0.393 e. The highest BCUT2D eigenvalue weighted by Gasteiger charge is 2.63. The van der Waals surface area contributed by atoms with Crippen molar-refractivity contribution in [2.24, 2.45) is 52.4 Å². The molecule has 0 amide bonds. The van der Waals surface area contributed by atoms with Crippen LogP contribution in [-0.4, -0.2) is 22.3 Å². The highest BCUT2D eigenvalue weighted by atomic mass is 16.3. The number of hydrogen-bond donors (Lipinski definition) is 3. The molecule has 0 heterocycles. The van der Waals surface area contributed by atoms with Gasteiger partial charge in [-0.15, -0.1) is 0 Å². The lowest BCUT2D eigenvalue weighted by atomic mass is 9.40. The van der Waals surface area contributed by atoms with Crippen molar-refractivity contribution in [2.45, 2.75) is 209 Å². The van der Waals surface area contributed by atoms with E-state index in [2.05, 4.69) is 62.3 Å². The van der Waals surface area contributed by atoms with Crippen LogP contribution < -0.4 is 11.5 Å². The molecule has 4 fully saturated rings. The Morgan fingerprint density at radius 2 is 1.36 bits per heavy atom. The number of rotatable bonds is 9. The number of aliphatic hydroxyl groups is 1. The minimum absolute atomic E-state index is 0. The third-order valence-electron chi connectivity index (χ3n) is 12.1. The molecule has 4 aliphatic carbocycles. The van der Waals surface area contributed by atoms with Gasteiger partial charge < -0.3 is 16.6 Å². The van der Waals surface area contributed by atoms with Gasteiger partial charge in [-0.3, -0.25) is 0 Å². The maximum Gasteiger partial charge on any atom is 0.0537 e. The highest BCUT2D eigenvalue weighted by molar-refractivity contribution is 5.18. The van der Waals surface area contributed by atoms with E-state index < -0.39 is 0 Å². The molecule has 3 nitrogen and oxygen atoms in total. The third-order valence-corrected chi connectivity index (χ3v) is 12.1. The standard InChI is InChI=1S/C25H48N2.C6H14O.C4H8.C3H8.CH4/c1-6-10-18(3)19(4)24(26)17-16-23(5)21(22(24)11-7-2)14-13-20-12-8-9-15-25(20,23)27;1-3-5-6(7)4-2;1-4-2-3-4;1-3-2;/h18-22H,6-17,26-27H2,1-5H3;6-7H,3-5H2,1-2H3;4H,2-3H2,1H3;3H2,1-2H3;1H4. The van der Waals surface area contributed by atoms with Gasteiger partial charge in [0.15, 0.2) is 0 Å². The van der Waals surface area contributed by atoms with Crippen molar-refractivity contribution in [2.75, 3.05) is 0 Å². The molecule has 4 saturated carbocycles. The largest absolute Gasteiger partial charge is 0.393 e. The Morgan fingerprint density at radius 1 is 0.786 bits per heavy atom. The summed E-state index contributed by atoms with van der Waals surface area (Å²) in [5, 5.41) is 8.86. The number of fused-ring (bicyclic) bond motifs is 3. The Balaban J connectivity index is 0.000000927. The van der Waals surface area contributed by atoms with E-state index in [0.717, 1.165) is 42.9 Å². The van der Waals surface area contributed by atoms with Crippen molar-refractivity contribution in [3.8, 4) is 0 Å². The molecule has 0 saturated heterocycles. The van der Waals surface area contributed by atoms with Crippen LogP contribution in [0.2, 0.25) is 0 Å². The van der Waals surface area contributed by atoms with E-state index in [0.29, 0.717) is 17.3 Å². The third kappa shape index (κ3) is 10.8. The van der Waals surface area contributed by atoms with E-state index in [1.165, 1.54) is 96.3 Å². The summed E-state index contributed by atoms with van der Waals surface area (Å²) >= 11 is 0. The van der Waals surface area contributed by atoms with Crippen LogP contribution in [-0.2, 0) is 0 Å². The lowest BCUT2D eigenvalue weighted by Gasteiger charge is -2.67. The van der Waals surface area contributed by atoms with Gasteiger partial charge in [0.05, 0.1) is 6.10 Å². The second kappa shape index (κ2) is 20.1. The van der Waals surface area contributed by atoms with Crippen LogP contribution in [0.5, 0.6) is 0 Å². The molecule has 0 aromatic carbocycles. The van der Waals surface area contributed by atoms with Crippen LogP contribution in [0, 0.1) is 40.9 Å². The quantitative estimate of drug-likeness (QED) is 0.248. The van der Waals surface area contributed by atoms with Gasteiger partial charge >= 0.3 is 0 Å². The van der Waals surface area contributed by atoms with E-state index in [1.54, 1.807) is 0 Å². The Hall–Kier alpha value is -0.120. The highest BCUT2D eigenvalue weighted by Crippen LogP contribution is 2.64. The van der Waals surface area contributed by atoms with Crippen LogP contribution in [0.1, 0.15) is 192 Å². The second-order valence-corrected chi connectivity index (χ2v) is 15.4. The Kier molecular flexibility index (Phi) is 20.0. The summed E-state index contributed by atoms with van der Waals surface area (Å²) in [5.41, 5.74) is 15.1. The average molecular weight is 595 g/mol. The minimum atomic E-state index is -0.0509. The van der Waals surface area contributed by atoms with Crippen LogP contribution in [0.3, 0.4) is 0 Å². The summed E-state index contributed by atoms with van der Waals surface area (Å²) < 4.78 is 0. The molecule has 3 heteroatoms. The number of aliphatic hydroxyl groups excluding tert-OH is 1. The lowest BCUT2D eigenvalue weighted by Crippen LogP contribution is -2.72. The van der Waals surface area contributed by atoms with Crippen LogP contribution in [0.15, 0.2) is 0 Å². The summed E-state index contributed by atoms with van der Waals surface area (Å²) in [7, 11) is 0. The van der Waals surface area contributed by atoms with Gasteiger partial charge in [-0.2, -0.15) is 0 Å². The monoisotopic (exact) mass is 595 g/mol. The van der Waals surface area contributed by atoms with Crippen molar-refractivity contribution in [3.63, 3.8) is 0 Å². The summed E-state index contributed by atoms with van der Waals surface area (Å²) in [6.45, 7) is 22.8. The van der Waals surface area contributed by atoms with Gasteiger partial charge in [-0.1, -0.05) is 134 Å². The van der Waals surface area contributed by atoms with Crippen molar-refractivity contribution < 1.29 is 5.11 Å². The van der Waals surface area contributed by atoms with Gasteiger partial charge in [-0.25, -0.2) is 0 Å². The number of hydrogen-bond acceptors (Lipinski definition) is 3. The Labute approximate surface area is 266 Å². The first-order valence-corrected chi connectivity index (χ1v) is 18.6. The van der Waals surface area contributed by atoms with Gasteiger partial charge in [0.2, 0.25) is 0 Å². The zero-order valence-corrected chi connectivity index (χ0v) is 29.9. The van der Waals surface area contributed by atoms with Crippen molar-refractivity contribution in [1.29, 1.82) is 0 Å². The molecule has 9 unspecified atom stereocenters. The molecule has 0 radical (unpaired) electrons. The fraction of sp³-hybridized carbons (Fsp3) is 1.00. The predicted molar refractivity (Wildman–Crippen MR) is 190 cm³/mol. The van der Waals surface area contributed by atoms with Crippen LogP contribution in [0.4, 0.5) is 0 Å². The molecule has 0 bridgehead atoms. The topological polar surface area (TPSA) is 72.3 Å². The molecular weight excluding hydrogens is 512 g/mol. The van der Waals surface area contributed by atoms with Crippen molar-refractivity contribution in [1.82, 2.24) is 0 Å². The van der Waals surface area contributed by atoms with E-state index in [-0.39, 0.29) is 24.6 Å². The zero-order chi connectivity index (χ0) is 31.3. The molecule has 0 aromatic rings. The van der Waals surface area contributed by atoms with Crippen LogP contribution in [0.25, 0.3) is 0 Å². The molecule has 4 aliphatic rings. The maximum atomic E-state index is 8.86. The molecular formula is C39H82N2O. The summed E-state index contributed by atoms with van der Waals surface area (Å²) in [5.74, 6) is 4.56. The fourth-order valence-corrected chi connectivity index (χ4v) is 8.85. The van der Waals surface area contributed by atoms with Gasteiger partial charge in [0.25, 0.3) is 0 Å². The van der Waals surface area contributed by atoms with E-state index in [4.69, 9.17) is 16.6 Å². The van der Waals surface area contributed by atoms with Gasteiger partial charge in [0.1, 0.15) is 0 Å². The van der Waals surface area contributed by atoms with Gasteiger partial charge in [-0.05, 0) is 98.7 Å². The Morgan fingerprint density at radius 3 is 1.81 bits per heavy atom.